The third-order valence-corrected chi connectivity index (χ3v) is 6.65. The molecule has 162 valence electrons. The highest BCUT2D eigenvalue weighted by atomic mass is 32.2. The largest absolute Gasteiger partial charge is 0.376 e. The van der Waals surface area contributed by atoms with Gasteiger partial charge in [-0.1, -0.05) is 30.3 Å². The van der Waals surface area contributed by atoms with E-state index in [0.717, 1.165) is 31.0 Å². The Labute approximate surface area is 190 Å². The van der Waals surface area contributed by atoms with E-state index in [0.29, 0.717) is 34.3 Å². The summed E-state index contributed by atoms with van der Waals surface area (Å²) in [6, 6.07) is 15.3. The van der Waals surface area contributed by atoms with Crippen molar-refractivity contribution in [3.63, 3.8) is 0 Å². The topological polar surface area (TPSA) is 76.1 Å². The number of aromatic nitrogens is 2. The number of hydrogen-bond donors (Lipinski definition) is 2. The van der Waals surface area contributed by atoms with Gasteiger partial charge in [-0.2, -0.15) is 11.8 Å². The highest BCUT2D eigenvalue weighted by Gasteiger charge is 2.18. The molecule has 1 fully saturated rings. The lowest BCUT2D eigenvalue weighted by atomic mass is 10.1. The van der Waals surface area contributed by atoms with Crippen LogP contribution in [0.1, 0.15) is 28.8 Å². The molecule has 2 aromatic carbocycles. The average Bonchev–Trinajstić information content (AvgIpc) is 3.30. The van der Waals surface area contributed by atoms with Crippen molar-refractivity contribution in [3.8, 4) is 0 Å². The molecule has 3 aromatic rings. The van der Waals surface area contributed by atoms with Crippen LogP contribution in [-0.2, 0) is 17.0 Å². The molecule has 1 aliphatic heterocycles. The average molecular weight is 456 g/mol. The monoisotopic (exact) mass is 455 g/mol. The van der Waals surface area contributed by atoms with Gasteiger partial charge in [0.05, 0.1) is 23.6 Å². The number of fused-ring (bicyclic) bond motifs is 1. The first-order chi connectivity index (χ1) is 15.1. The fourth-order valence-corrected chi connectivity index (χ4v) is 4.74. The van der Waals surface area contributed by atoms with Gasteiger partial charge in [0.2, 0.25) is 0 Å². The Balaban J connectivity index is 1.38. The number of H-pyrrole nitrogens is 1. The van der Waals surface area contributed by atoms with Gasteiger partial charge >= 0.3 is 0 Å². The molecule has 6 nitrogen and oxygen atoms in total. The number of carbonyl (C=O) groups is 1. The number of nitrogens with one attached hydrogen (secondary N) is 2. The Morgan fingerprint density at radius 2 is 2.10 bits per heavy atom. The predicted molar refractivity (Wildman–Crippen MR) is 127 cm³/mol. The fraction of sp³-hybridized carbons (Fsp3) is 0.348. The Hall–Kier alpha value is -2.42. The molecule has 8 heteroatoms. The first-order valence-corrected chi connectivity index (χ1v) is 12.0. The highest BCUT2D eigenvalue weighted by Crippen LogP contribution is 2.16. The number of amides is 1. The number of ether oxygens (including phenoxy) is 1. The SMILES string of the molecule is O=C(NCCSCc1ccccc1)c1ccc2c(=O)n(C[C@H]3CCCO3)c(=S)[nH]c2c1. The number of aromatic amines is 1. The summed E-state index contributed by atoms with van der Waals surface area (Å²) in [5, 5.41) is 3.45. The Morgan fingerprint density at radius 1 is 1.26 bits per heavy atom. The van der Waals surface area contributed by atoms with Crippen LogP contribution in [0, 0.1) is 4.77 Å². The molecule has 1 aliphatic rings. The highest BCUT2D eigenvalue weighted by molar-refractivity contribution is 7.98. The van der Waals surface area contributed by atoms with Gasteiger partial charge < -0.3 is 15.0 Å². The molecule has 0 unspecified atom stereocenters. The summed E-state index contributed by atoms with van der Waals surface area (Å²) < 4.78 is 7.54. The number of rotatable bonds is 8. The predicted octanol–water partition coefficient (Wildman–Crippen LogP) is 3.90. The van der Waals surface area contributed by atoms with Gasteiger partial charge in [0, 0.05) is 30.2 Å². The van der Waals surface area contributed by atoms with E-state index in [1.807, 2.05) is 18.2 Å². The molecule has 1 atom stereocenters. The van der Waals surface area contributed by atoms with E-state index in [-0.39, 0.29) is 17.6 Å². The maximum Gasteiger partial charge on any atom is 0.262 e. The molecule has 1 saturated heterocycles. The second-order valence-corrected chi connectivity index (χ2v) is 9.03. The minimum absolute atomic E-state index is 0.0232. The van der Waals surface area contributed by atoms with Crippen molar-refractivity contribution in [2.24, 2.45) is 0 Å². The first-order valence-electron chi connectivity index (χ1n) is 10.4. The molecule has 2 heterocycles. The molecule has 0 spiro atoms. The van der Waals surface area contributed by atoms with Gasteiger partial charge in [0.25, 0.3) is 11.5 Å². The summed E-state index contributed by atoms with van der Waals surface area (Å²) in [5.41, 5.74) is 2.19. The minimum Gasteiger partial charge on any atom is -0.376 e. The van der Waals surface area contributed by atoms with Crippen LogP contribution in [0.4, 0.5) is 0 Å². The van der Waals surface area contributed by atoms with Gasteiger partial charge in [-0.25, -0.2) is 0 Å². The van der Waals surface area contributed by atoms with E-state index >= 15 is 0 Å². The molecule has 1 amide bonds. The van der Waals surface area contributed by atoms with E-state index in [1.165, 1.54) is 5.56 Å². The zero-order valence-corrected chi connectivity index (χ0v) is 18.8. The zero-order valence-electron chi connectivity index (χ0n) is 17.1. The van der Waals surface area contributed by atoms with Crippen LogP contribution in [0.25, 0.3) is 10.9 Å². The second-order valence-electron chi connectivity index (χ2n) is 7.54. The van der Waals surface area contributed by atoms with Gasteiger partial charge in [-0.3, -0.25) is 14.2 Å². The molecular formula is C23H25N3O3S2. The molecule has 0 saturated carbocycles. The van der Waals surface area contributed by atoms with E-state index in [2.05, 4.69) is 22.4 Å². The maximum atomic E-state index is 12.9. The van der Waals surface area contributed by atoms with Crippen molar-refractivity contribution in [3.05, 3.63) is 74.8 Å². The van der Waals surface area contributed by atoms with Gasteiger partial charge in [0.15, 0.2) is 4.77 Å². The van der Waals surface area contributed by atoms with E-state index in [9.17, 15) is 9.59 Å². The van der Waals surface area contributed by atoms with Crippen molar-refractivity contribution in [2.45, 2.75) is 31.2 Å². The maximum absolute atomic E-state index is 12.9. The van der Waals surface area contributed by atoms with Crippen molar-refractivity contribution in [2.75, 3.05) is 18.9 Å². The summed E-state index contributed by atoms with van der Waals surface area (Å²) in [6.07, 6.45) is 1.96. The lowest BCUT2D eigenvalue weighted by molar-refractivity contribution is 0.0954. The molecule has 0 radical (unpaired) electrons. The van der Waals surface area contributed by atoms with Crippen molar-refractivity contribution in [1.29, 1.82) is 0 Å². The Bertz CT molecular complexity index is 1170. The fourth-order valence-electron chi connectivity index (χ4n) is 3.66. The van der Waals surface area contributed by atoms with Crippen LogP contribution >= 0.6 is 24.0 Å². The molecule has 1 aromatic heterocycles. The van der Waals surface area contributed by atoms with Crippen LogP contribution in [0.2, 0.25) is 0 Å². The normalized spacial score (nSPS) is 15.9. The summed E-state index contributed by atoms with van der Waals surface area (Å²) in [4.78, 5) is 28.5. The van der Waals surface area contributed by atoms with Gasteiger partial charge in [-0.15, -0.1) is 0 Å². The van der Waals surface area contributed by atoms with Crippen molar-refractivity contribution < 1.29 is 9.53 Å². The van der Waals surface area contributed by atoms with Crippen molar-refractivity contribution in [1.82, 2.24) is 14.9 Å². The van der Waals surface area contributed by atoms with E-state index in [1.54, 1.807) is 34.5 Å². The Kier molecular flexibility index (Phi) is 7.21. The molecule has 0 bridgehead atoms. The Morgan fingerprint density at radius 3 is 2.87 bits per heavy atom. The number of thioether (sulfide) groups is 1. The molecule has 0 aliphatic carbocycles. The second kappa shape index (κ2) is 10.3. The lowest BCUT2D eigenvalue weighted by Gasteiger charge is -2.13. The minimum atomic E-state index is -0.162. The first kappa shape index (κ1) is 21.8. The molecule has 31 heavy (non-hydrogen) atoms. The molecule has 2 N–H and O–H groups in total. The molecule has 4 rings (SSSR count). The summed E-state index contributed by atoms with van der Waals surface area (Å²) in [7, 11) is 0. The number of carbonyl (C=O) groups excluding carboxylic acids is 1. The van der Waals surface area contributed by atoms with E-state index < -0.39 is 0 Å². The van der Waals surface area contributed by atoms with Crippen LogP contribution in [-0.4, -0.2) is 40.5 Å². The summed E-state index contributed by atoms with van der Waals surface area (Å²) >= 11 is 7.17. The number of benzene rings is 2. The van der Waals surface area contributed by atoms with Crippen molar-refractivity contribution >= 4 is 40.8 Å². The van der Waals surface area contributed by atoms with Crippen LogP contribution < -0.4 is 10.9 Å². The van der Waals surface area contributed by atoms with Gasteiger partial charge in [-0.05, 0) is 48.8 Å². The van der Waals surface area contributed by atoms with Crippen LogP contribution in [0.3, 0.4) is 0 Å². The number of nitrogens with zero attached hydrogens (tertiary/aromatic N) is 1. The van der Waals surface area contributed by atoms with E-state index in [4.69, 9.17) is 17.0 Å². The lowest BCUT2D eigenvalue weighted by Crippen LogP contribution is -2.28. The quantitative estimate of drug-likeness (QED) is 0.398. The zero-order chi connectivity index (χ0) is 21.6. The van der Waals surface area contributed by atoms with Gasteiger partial charge in [0.1, 0.15) is 0 Å². The standard InChI is InChI=1S/C23H25N3O3S2/c27-21(24-10-12-31-15-16-5-2-1-3-6-16)17-8-9-19-20(13-17)25-23(30)26(22(19)28)14-18-7-4-11-29-18/h1-3,5-6,8-9,13,18H,4,7,10-12,14-15H2,(H,24,27)(H,25,30)/t18-/m1/s1. The number of hydrogen-bond acceptors (Lipinski definition) is 5. The molecular weight excluding hydrogens is 430 g/mol. The summed E-state index contributed by atoms with van der Waals surface area (Å²) in [6.45, 7) is 1.76. The third kappa shape index (κ3) is 5.44. The van der Waals surface area contributed by atoms with Crippen LogP contribution in [0.15, 0.2) is 53.3 Å². The smallest absolute Gasteiger partial charge is 0.262 e. The third-order valence-electron chi connectivity index (χ3n) is 5.30. The van der Waals surface area contributed by atoms with Crippen LogP contribution in [0.5, 0.6) is 0 Å². The summed E-state index contributed by atoms with van der Waals surface area (Å²) in [5.74, 6) is 1.58.